The molecule has 5 nitrogen and oxygen atoms in total. The molecule has 1 aromatic carbocycles. The van der Waals surface area contributed by atoms with Gasteiger partial charge in [-0.1, -0.05) is 39.8 Å². The van der Waals surface area contributed by atoms with Crippen LogP contribution in [-0.4, -0.2) is 23.5 Å². The van der Waals surface area contributed by atoms with Gasteiger partial charge in [-0.25, -0.2) is 0 Å². The molecular formula is C16H24N2O3. The van der Waals surface area contributed by atoms with E-state index in [2.05, 4.69) is 20.8 Å². The number of nitrogens with two attached hydrogens (primary N) is 1. The summed E-state index contributed by atoms with van der Waals surface area (Å²) in [6.45, 7) is 7.78. The minimum atomic E-state index is -1.06. The number of rotatable bonds is 5. The Bertz CT molecular complexity index is 520. The second-order valence-corrected chi connectivity index (χ2v) is 6.40. The fourth-order valence-corrected chi connectivity index (χ4v) is 1.85. The fraction of sp³-hybridized carbons (Fsp3) is 0.500. The van der Waals surface area contributed by atoms with Crippen molar-refractivity contribution in [3.8, 4) is 0 Å². The van der Waals surface area contributed by atoms with E-state index in [-0.39, 0.29) is 30.2 Å². The number of hydrogen-bond acceptors (Lipinski definition) is 3. The SMILES string of the molecule is CC(CC(=O)N(CC(=O)O)c1ccccc1N)C(C)(C)C. The van der Waals surface area contributed by atoms with E-state index in [9.17, 15) is 9.59 Å². The smallest absolute Gasteiger partial charge is 0.323 e. The average molecular weight is 292 g/mol. The van der Waals surface area contributed by atoms with E-state index in [1.165, 1.54) is 4.90 Å². The quantitative estimate of drug-likeness (QED) is 0.817. The number of aliphatic carboxylic acids is 1. The molecule has 21 heavy (non-hydrogen) atoms. The van der Waals surface area contributed by atoms with Gasteiger partial charge in [-0.2, -0.15) is 0 Å². The lowest BCUT2D eigenvalue weighted by molar-refractivity contribution is -0.136. The summed E-state index contributed by atoms with van der Waals surface area (Å²) in [5.74, 6) is -1.15. The van der Waals surface area contributed by atoms with Crippen molar-refractivity contribution < 1.29 is 14.7 Å². The second kappa shape index (κ2) is 6.61. The van der Waals surface area contributed by atoms with Crippen LogP contribution in [0.15, 0.2) is 24.3 Å². The van der Waals surface area contributed by atoms with Gasteiger partial charge in [0.25, 0.3) is 0 Å². The van der Waals surface area contributed by atoms with Crippen molar-refractivity contribution >= 4 is 23.3 Å². The van der Waals surface area contributed by atoms with Gasteiger partial charge in [-0.3, -0.25) is 14.5 Å². The summed E-state index contributed by atoms with van der Waals surface area (Å²) in [6.07, 6.45) is 0.283. The van der Waals surface area contributed by atoms with Crippen LogP contribution in [0, 0.1) is 11.3 Å². The summed E-state index contributed by atoms with van der Waals surface area (Å²) in [5.41, 5.74) is 6.69. The van der Waals surface area contributed by atoms with Crippen LogP contribution in [0.25, 0.3) is 0 Å². The van der Waals surface area contributed by atoms with E-state index in [1.807, 2.05) is 6.92 Å². The zero-order chi connectivity index (χ0) is 16.2. The molecule has 1 atom stereocenters. The highest BCUT2D eigenvalue weighted by Gasteiger charge is 2.27. The largest absolute Gasteiger partial charge is 0.480 e. The predicted octanol–water partition coefficient (Wildman–Crippen LogP) is 2.76. The van der Waals surface area contributed by atoms with Crippen LogP contribution in [0.4, 0.5) is 11.4 Å². The van der Waals surface area contributed by atoms with Gasteiger partial charge in [0.15, 0.2) is 0 Å². The number of anilines is 2. The minimum absolute atomic E-state index is 0.0210. The first-order chi connectivity index (χ1) is 9.62. The van der Waals surface area contributed by atoms with Gasteiger partial charge in [-0.05, 0) is 23.5 Å². The molecule has 0 spiro atoms. The van der Waals surface area contributed by atoms with E-state index in [0.29, 0.717) is 11.4 Å². The first-order valence-electron chi connectivity index (χ1n) is 6.99. The van der Waals surface area contributed by atoms with Crippen molar-refractivity contribution in [2.75, 3.05) is 17.2 Å². The molecule has 1 rings (SSSR count). The molecule has 0 aliphatic carbocycles. The molecule has 1 aromatic rings. The molecule has 0 radical (unpaired) electrons. The third kappa shape index (κ3) is 4.77. The number of nitrogen functional groups attached to an aromatic ring is 1. The van der Waals surface area contributed by atoms with Crippen LogP contribution >= 0.6 is 0 Å². The summed E-state index contributed by atoms with van der Waals surface area (Å²) < 4.78 is 0. The van der Waals surface area contributed by atoms with E-state index < -0.39 is 5.97 Å². The van der Waals surface area contributed by atoms with Gasteiger partial charge < -0.3 is 10.8 Å². The van der Waals surface area contributed by atoms with Gasteiger partial charge in [0.1, 0.15) is 6.54 Å². The molecule has 1 unspecified atom stereocenters. The van der Waals surface area contributed by atoms with Crippen molar-refractivity contribution in [1.82, 2.24) is 0 Å². The van der Waals surface area contributed by atoms with Crippen LogP contribution in [0.3, 0.4) is 0 Å². The van der Waals surface area contributed by atoms with Gasteiger partial charge in [0, 0.05) is 6.42 Å². The molecule has 0 aliphatic heterocycles. The predicted molar refractivity (Wildman–Crippen MR) is 84.1 cm³/mol. The number of carboxylic acid groups (broad SMARTS) is 1. The van der Waals surface area contributed by atoms with Gasteiger partial charge >= 0.3 is 5.97 Å². The van der Waals surface area contributed by atoms with E-state index in [0.717, 1.165) is 0 Å². The number of benzene rings is 1. The number of hydrogen-bond donors (Lipinski definition) is 2. The van der Waals surface area contributed by atoms with Crippen molar-refractivity contribution in [1.29, 1.82) is 0 Å². The molecule has 0 saturated heterocycles. The van der Waals surface area contributed by atoms with Crippen LogP contribution in [-0.2, 0) is 9.59 Å². The number of carbonyl (C=O) groups excluding carboxylic acids is 1. The molecule has 0 aliphatic rings. The van der Waals surface area contributed by atoms with Crippen molar-refractivity contribution in [3.63, 3.8) is 0 Å². The number of carbonyl (C=O) groups is 2. The van der Waals surface area contributed by atoms with Crippen LogP contribution in [0.2, 0.25) is 0 Å². The maximum atomic E-state index is 12.5. The summed E-state index contributed by atoms with van der Waals surface area (Å²) in [6, 6.07) is 6.81. The highest BCUT2D eigenvalue weighted by Crippen LogP contribution is 2.30. The Hall–Kier alpha value is -2.04. The van der Waals surface area contributed by atoms with Crippen molar-refractivity contribution in [2.45, 2.75) is 34.1 Å². The number of carboxylic acids is 1. The Balaban J connectivity index is 3.01. The molecule has 0 aromatic heterocycles. The second-order valence-electron chi connectivity index (χ2n) is 6.40. The Morgan fingerprint density at radius 1 is 1.29 bits per heavy atom. The van der Waals surface area contributed by atoms with Gasteiger partial charge in [-0.15, -0.1) is 0 Å². The molecule has 1 amide bonds. The molecule has 0 fully saturated rings. The van der Waals surface area contributed by atoms with E-state index in [1.54, 1.807) is 24.3 Å². The van der Waals surface area contributed by atoms with Crippen molar-refractivity contribution in [3.05, 3.63) is 24.3 Å². The van der Waals surface area contributed by atoms with E-state index in [4.69, 9.17) is 10.8 Å². The van der Waals surface area contributed by atoms with Crippen molar-refractivity contribution in [2.24, 2.45) is 11.3 Å². The topological polar surface area (TPSA) is 83.6 Å². The first kappa shape index (κ1) is 17.0. The molecule has 0 heterocycles. The third-order valence-corrected chi connectivity index (χ3v) is 3.78. The molecule has 5 heteroatoms. The Morgan fingerprint density at radius 3 is 2.33 bits per heavy atom. The number of nitrogens with zero attached hydrogens (tertiary/aromatic N) is 1. The average Bonchev–Trinajstić information content (AvgIpc) is 2.35. The Morgan fingerprint density at radius 2 is 1.86 bits per heavy atom. The zero-order valence-electron chi connectivity index (χ0n) is 13.1. The monoisotopic (exact) mass is 292 g/mol. The number of para-hydroxylation sites is 2. The fourth-order valence-electron chi connectivity index (χ4n) is 1.85. The van der Waals surface area contributed by atoms with Gasteiger partial charge in [0.2, 0.25) is 5.91 Å². The Labute approximate surface area is 125 Å². The van der Waals surface area contributed by atoms with Crippen LogP contribution in [0.5, 0.6) is 0 Å². The molecular weight excluding hydrogens is 268 g/mol. The summed E-state index contributed by atoms with van der Waals surface area (Å²) in [5, 5.41) is 9.04. The van der Waals surface area contributed by atoms with E-state index >= 15 is 0 Å². The maximum absolute atomic E-state index is 12.5. The lowest BCUT2D eigenvalue weighted by Crippen LogP contribution is -2.38. The summed E-state index contributed by atoms with van der Waals surface area (Å²) >= 11 is 0. The standard InChI is InChI=1S/C16H24N2O3/c1-11(16(2,3)4)9-14(19)18(10-15(20)21)13-8-6-5-7-12(13)17/h5-8,11H,9-10,17H2,1-4H3,(H,20,21). The van der Waals surface area contributed by atoms with Crippen LogP contribution < -0.4 is 10.6 Å². The maximum Gasteiger partial charge on any atom is 0.323 e. The zero-order valence-corrected chi connectivity index (χ0v) is 13.1. The highest BCUT2D eigenvalue weighted by atomic mass is 16.4. The molecule has 116 valence electrons. The minimum Gasteiger partial charge on any atom is -0.480 e. The molecule has 0 saturated carbocycles. The highest BCUT2D eigenvalue weighted by molar-refractivity contribution is 5.99. The normalized spacial score (nSPS) is 12.8. The molecule has 0 bridgehead atoms. The first-order valence-corrected chi connectivity index (χ1v) is 6.99. The lowest BCUT2D eigenvalue weighted by atomic mass is 9.80. The van der Waals surface area contributed by atoms with Gasteiger partial charge in [0.05, 0.1) is 11.4 Å². The number of amides is 1. The summed E-state index contributed by atoms with van der Waals surface area (Å²) in [7, 11) is 0. The lowest BCUT2D eigenvalue weighted by Gasteiger charge is -2.29. The van der Waals surface area contributed by atoms with Crippen LogP contribution in [0.1, 0.15) is 34.1 Å². The molecule has 3 N–H and O–H groups in total. The Kier molecular flexibility index (Phi) is 5.35. The summed E-state index contributed by atoms with van der Waals surface area (Å²) in [4.78, 5) is 24.8. The third-order valence-electron chi connectivity index (χ3n) is 3.78.